The molecule has 1 aliphatic carbocycles. The Morgan fingerprint density at radius 3 is 2.15 bits per heavy atom. The van der Waals surface area contributed by atoms with Crippen molar-refractivity contribution in [1.82, 2.24) is 0 Å². The van der Waals surface area contributed by atoms with Crippen molar-refractivity contribution in [3.8, 4) is 0 Å². The van der Waals surface area contributed by atoms with Crippen LogP contribution in [0.2, 0.25) is 0 Å². The molecule has 1 aromatic carbocycles. The first-order valence-electron chi connectivity index (χ1n) is 10.8. The highest BCUT2D eigenvalue weighted by atomic mass is 16.5. The van der Waals surface area contributed by atoms with Crippen LogP contribution in [0.25, 0.3) is 0 Å². The molecule has 1 aliphatic heterocycles. The fraction of sp³-hybridized carbons (Fsp3) is 0.696. The number of morpholine rings is 1. The second kappa shape index (κ2) is 9.09. The number of hydrogen-bond acceptors (Lipinski definition) is 3. The quantitative estimate of drug-likeness (QED) is 0.738. The summed E-state index contributed by atoms with van der Waals surface area (Å²) in [6, 6.07) is 4.57. The van der Waals surface area contributed by atoms with Crippen molar-refractivity contribution in [3.05, 3.63) is 23.3 Å². The first-order chi connectivity index (χ1) is 13.0. The Kier molecular flexibility index (Phi) is 6.80. The van der Waals surface area contributed by atoms with Gasteiger partial charge in [-0.25, -0.2) is 0 Å². The SMILES string of the molecule is CC(C)c1cc(N2CCOCC2)cc(C(C)C)c1NC(=O)CC1CCCC1. The molecule has 27 heavy (non-hydrogen) atoms. The summed E-state index contributed by atoms with van der Waals surface area (Å²) < 4.78 is 5.52. The molecule has 4 heteroatoms. The van der Waals surface area contributed by atoms with Gasteiger partial charge in [-0.1, -0.05) is 40.5 Å². The van der Waals surface area contributed by atoms with E-state index >= 15 is 0 Å². The normalized spacial score (nSPS) is 18.5. The standard InChI is InChI=1S/C23H36N2O2/c1-16(2)20-14-19(25-9-11-27-12-10-25)15-21(17(3)4)23(20)24-22(26)13-18-7-5-6-8-18/h14-18H,5-13H2,1-4H3,(H,24,26). The van der Waals surface area contributed by atoms with Crippen LogP contribution in [0.4, 0.5) is 11.4 Å². The van der Waals surface area contributed by atoms with E-state index in [-0.39, 0.29) is 5.91 Å². The molecule has 0 unspecified atom stereocenters. The lowest BCUT2D eigenvalue weighted by Gasteiger charge is -2.31. The number of nitrogens with one attached hydrogen (secondary N) is 1. The van der Waals surface area contributed by atoms with Crippen LogP contribution in [0.15, 0.2) is 12.1 Å². The second-order valence-electron chi connectivity index (χ2n) is 8.81. The molecule has 0 spiro atoms. The van der Waals surface area contributed by atoms with E-state index in [0.717, 1.165) is 32.0 Å². The summed E-state index contributed by atoms with van der Waals surface area (Å²) in [5, 5.41) is 3.32. The predicted octanol–water partition coefficient (Wildman–Crippen LogP) is 5.29. The van der Waals surface area contributed by atoms with Crippen molar-refractivity contribution < 1.29 is 9.53 Å². The largest absolute Gasteiger partial charge is 0.378 e. The molecule has 1 saturated heterocycles. The summed E-state index contributed by atoms with van der Waals surface area (Å²) in [6.07, 6.45) is 5.64. The van der Waals surface area contributed by atoms with Gasteiger partial charge in [-0.05, 0) is 53.9 Å². The number of carbonyl (C=O) groups is 1. The molecule has 1 N–H and O–H groups in total. The van der Waals surface area contributed by atoms with E-state index in [0.29, 0.717) is 24.2 Å². The van der Waals surface area contributed by atoms with Crippen LogP contribution >= 0.6 is 0 Å². The molecule has 0 bridgehead atoms. The molecular formula is C23H36N2O2. The summed E-state index contributed by atoms with van der Waals surface area (Å²) in [4.78, 5) is 15.2. The summed E-state index contributed by atoms with van der Waals surface area (Å²) in [6.45, 7) is 12.3. The molecule has 3 rings (SSSR count). The topological polar surface area (TPSA) is 41.6 Å². The van der Waals surface area contributed by atoms with E-state index in [1.54, 1.807) is 0 Å². The Hall–Kier alpha value is -1.55. The molecule has 1 heterocycles. The summed E-state index contributed by atoms with van der Waals surface area (Å²) in [5.74, 6) is 1.49. The highest BCUT2D eigenvalue weighted by Gasteiger charge is 2.23. The average molecular weight is 373 g/mol. The summed E-state index contributed by atoms with van der Waals surface area (Å²) in [5.41, 5.74) is 4.82. The molecule has 0 aromatic heterocycles. The van der Waals surface area contributed by atoms with E-state index < -0.39 is 0 Å². The van der Waals surface area contributed by atoms with Gasteiger partial charge in [0.1, 0.15) is 0 Å². The van der Waals surface area contributed by atoms with E-state index in [2.05, 4.69) is 50.0 Å². The third-order valence-corrected chi connectivity index (χ3v) is 6.02. The third kappa shape index (κ3) is 5.04. The van der Waals surface area contributed by atoms with Crippen LogP contribution < -0.4 is 10.2 Å². The minimum absolute atomic E-state index is 0.185. The minimum atomic E-state index is 0.185. The summed E-state index contributed by atoms with van der Waals surface area (Å²) in [7, 11) is 0. The van der Waals surface area contributed by atoms with Crippen molar-refractivity contribution in [2.24, 2.45) is 5.92 Å². The minimum Gasteiger partial charge on any atom is -0.378 e. The zero-order valence-electron chi connectivity index (χ0n) is 17.5. The number of nitrogens with zero attached hydrogens (tertiary/aromatic N) is 1. The monoisotopic (exact) mass is 372 g/mol. The molecule has 2 fully saturated rings. The molecule has 0 atom stereocenters. The van der Waals surface area contributed by atoms with Gasteiger partial charge in [0, 0.05) is 30.9 Å². The Balaban J connectivity index is 1.88. The van der Waals surface area contributed by atoms with Crippen molar-refractivity contribution in [2.75, 3.05) is 36.5 Å². The molecule has 150 valence electrons. The molecule has 4 nitrogen and oxygen atoms in total. The van der Waals surface area contributed by atoms with Crippen LogP contribution in [0.1, 0.15) is 82.8 Å². The smallest absolute Gasteiger partial charge is 0.224 e. The first kappa shape index (κ1) is 20.2. The molecule has 1 amide bonds. The van der Waals surface area contributed by atoms with Crippen LogP contribution in [0.5, 0.6) is 0 Å². The zero-order valence-corrected chi connectivity index (χ0v) is 17.5. The summed E-state index contributed by atoms with van der Waals surface area (Å²) >= 11 is 0. The Morgan fingerprint density at radius 1 is 1.07 bits per heavy atom. The van der Waals surface area contributed by atoms with Crippen molar-refractivity contribution in [3.63, 3.8) is 0 Å². The van der Waals surface area contributed by atoms with E-state index in [4.69, 9.17) is 4.74 Å². The van der Waals surface area contributed by atoms with Gasteiger partial charge in [0.05, 0.1) is 13.2 Å². The second-order valence-corrected chi connectivity index (χ2v) is 8.81. The maximum absolute atomic E-state index is 12.8. The van der Waals surface area contributed by atoms with Gasteiger partial charge in [0.2, 0.25) is 5.91 Å². The lowest BCUT2D eigenvalue weighted by Crippen LogP contribution is -2.36. The van der Waals surface area contributed by atoms with Gasteiger partial charge in [0.15, 0.2) is 0 Å². The number of hydrogen-bond donors (Lipinski definition) is 1. The van der Waals surface area contributed by atoms with Gasteiger partial charge in [-0.15, -0.1) is 0 Å². The van der Waals surface area contributed by atoms with Gasteiger partial charge in [-0.2, -0.15) is 0 Å². The van der Waals surface area contributed by atoms with Crippen LogP contribution in [0.3, 0.4) is 0 Å². The fourth-order valence-electron chi connectivity index (χ4n) is 4.40. The Morgan fingerprint density at radius 2 is 1.63 bits per heavy atom. The zero-order chi connectivity index (χ0) is 19.4. The average Bonchev–Trinajstić information content (AvgIpc) is 3.15. The first-order valence-corrected chi connectivity index (χ1v) is 10.8. The fourth-order valence-corrected chi connectivity index (χ4v) is 4.40. The van der Waals surface area contributed by atoms with Gasteiger partial charge < -0.3 is 15.0 Å². The third-order valence-electron chi connectivity index (χ3n) is 6.02. The van der Waals surface area contributed by atoms with Crippen LogP contribution in [0, 0.1) is 5.92 Å². The Labute approximate surface area is 164 Å². The molecule has 2 aliphatic rings. The number of carbonyl (C=O) groups excluding carboxylic acids is 1. The number of benzene rings is 1. The highest BCUT2D eigenvalue weighted by Crippen LogP contribution is 2.37. The van der Waals surface area contributed by atoms with E-state index in [1.165, 1.54) is 42.5 Å². The highest BCUT2D eigenvalue weighted by molar-refractivity contribution is 5.93. The van der Waals surface area contributed by atoms with Crippen molar-refractivity contribution in [1.29, 1.82) is 0 Å². The van der Waals surface area contributed by atoms with Crippen LogP contribution in [-0.2, 0) is 9.53 Å². The lowest BCUT2D eigenvalue weighted by atomic mass is 9.91. The van der Waals surface area contributed by atoms with Gasteiger partial charge in [0.25, 0.3) is 0 Å². The molecule has 1 saturated carbocycles. The molecule has 1 aromatic rings. The molecule has 0 radical (unpaired) electrons. The molecular weight excluding hydrogens is 336 g/mol. The van der Waals surface area contributed by atoms with Gasteiger partial charge >= 0.3 is 0 Å². The van der Waals surface area contributed by atoms with E-state index in [1.807, 2.05) is 0 Å². The number of anilines is 2. The number of amides is 1. The van der Waals surface area contributed by atoms with Crippen molar-refractivity contribution >= 4 is 17.3 Å². The number of ether oxygens (including phenoxy) is 1. The van der Waals surface area contributed by atoms with E-state index in [9.17, 15) is 4.79 Å². The lowest BCUT2D eigenvalue weighted by molar-refractivity contribution is -0.117. The predicted molar refractivity (Wildman–Crippen MR) is 113 cm³/mol. The maximum atomic E-state index is 12.8. The van der Waals surface area contributed by atoms with Crippen LogP contribution in [-0.4, -0.2) is 32.2 Å². The van der Waals surface area contributed by atoms with Gasteiger partial charge in [-0.3, -0.25) is 4.79 Å². The Bertz CT molecular complexity index is 613. The maximum Gasteiger partial charge on any atom is 0.224 e. The number of rotatable bonds is 6. The van der Waals surface area contributed by atoms with Crippen molar-refractivity contribution in [2.45, 2.75) is 71.6 Å².